The van der Waals surface area contributed by atoms with E-state index in [1.165, 1.54) is 17.7 Å². The molecule has 3 fully saturated rings. The summed E-state index contributed by atoms with van der Waals surface area (Å²) < 4.78 is 29.1. The van der Waals surface area contributed by atoms with Crippen LogP contribution >= 0.6 is 22.9 Å². The van der Waals surface area contributed by atoms with Gasteiger partial charge in [0.05, 0.1) is 16.8 Å². The lowest BCUT2D eigenvalue weighted by atomic mass is 10.1. The first-order valence-corrected chi connectivity index (χ1v) is 14.9. The van der Waals surface area contributed by atoms with E-state index in [4.69, 9.17) is 11.6 Å². The lowest BCUT2D eigenvalue weighted by Gasteiger charge is -2.34. The molecule has 3 aliphatic rings. The van der Waals surface area contributed by atoms with Crippen LogP contribution in [-0.2, 0) is 19.6 Å². The molecular formula is C23H30ClN5O4S2. The maximum Gasteiger partial charge on any atom is 0.268 e. The number of amides is 2. The van der Waals surface area contributed by atoms with Crippen molar-refractivity contribution in [3.05, 3.63) is 23.2 Å². The fourth-order valence-corrected chi connectivity index (χ4v) is 7.92. The molecule has 9 nitrogen and oxygen atoms in total. The molecule has 0 radical (unpaired) electrons. The molecule has 0 bridgehead atoms. The van der Waals surface area contributed by atoms with Crippen molar-refractivity contribution in [2.24, 2.45) is 0 Å². The lowest BCUT2D eigenvalue weighted by molar-refractivity contribution is -0.143. The number of hydrogen-bond donors (Lipinski definition) is 1. The molecule has 1 aromatic heterocycles. The fourth-order valence-electron chi connectivity index (χ4n) is 5.31. The Labute approximate surface area is 214 Å². The van der Waals surface area contributed by atoms with Gasteiger partial charge in [-0.3, -0.25) is 9.59 Å². The predicted octanol–water partition coefficient (Wildman–Crippen LogP) is 2.31. The van der Waals surface area contributed by atoms with Gasteiger partial charge in [0.2, 0.25) is 16.2 Å². The number of rotatable bonds is 7. The van der Waals surface area contributed by atoms with Gasteiger partial charge in [0.1, 0.15) is 6.04 Å². The second-order valence-corrected chi connectivity index (χ2v) is 12.9. The second-order valence-electron chi connectivity index (χ2n) is 9.56. The molecule has 35 heavy (non-hydrogen) atoms. The summed E-state index contributed by atoms with van der Waals surface area (Å²) in [5.41, 5.74) is 0.499. The first-order valence-electron chi connectivity index (χ1n) is 12.2. The number of thiazole rings is 1. The van der Waals surface area contributed by atoms with E-state index in [1.54, 1.807) is 18.2 Å². The zero-order chi connectivity index (χ0) is 24.6. The molecule has 2 amide bonds. The molecule has 2 atom stereocenters. The van der Waals surface area contributed by atoms with Crippen molar-refractivity contribution in [1.29, 1.82) is 0 Å². The minimum absolute atomic E-state index is 0.00675. The summed E-state index contributed by atoms with van der Waals surface area (Å²) in [6, 6.07) is 4.31. The molecule has 0 aliphatic carbocycles. The van der Waals surface area contributed by atoms with Gasteiger partial charge in [0.25, 0.3) is 10.0 Å². The molecule has 5 rings (SSSR count). The number of sulfonamides is 1. The highest BCUT2D eigenvalue weighted by molar-refractivity contribution is 7.91. The van der Waals surface area contributed by atoms with Crippen LogP contribution in [0.1, 0.15) is 38.5 Å². The van der Waals surface area contributed by atoms with Gasteiger partial charge < -0.3 is 14.7 Å². The van der Waals surface area contributed by atoms with E-state index in [2.05, 4.69) is 14.6 Å². The Hall–Kier alpha value is -1.79. The normalized spacial score (nSPS) is 24.1. The van der Waals surface area contributed by atoms with Crippen LogP contribution in [0.25, 0.3) is 10.2 Å². The lowest BCUT2D eigenvalue weighted by Crippen LogP contribution is -2.55. The predicted molar refractivity (Wildman–Crippen MR) is 135 cm³/mol. The third kappa shape index (κ3) is 5.48. The minimum atomic E-state index is -3.99. The van der Waals surface area contributed by atoms with Crippen LogP contribution in [0.3, 0.4) is 0 Å². The number of halogens is 1. The molecule has 190 valence electrons. The van der Waals surface area contributed by atoms with Crippen LogP contribution in [0.2, 0.25) is 5.02 Å². The van der Waals surface area contributed by atoms with Crippen LogP contribution < -0.4 is 4.72 Å². The van der Waals surface area contributed by atoms with E-state index in [-0.39, 0.29) is 28.7 Å². The van der Waals surface area contributed by atoms with Gasteiger partial charge in [-0.05, 0) is 69.8 Å². The summed E-state index contributed by atoms with van der Waals surface area (Å²) in [5.74, 6) is -0.403. The van der Waals surface area contributed by atoms with Gasteiger partial charge in [0.15, 0.2) is 0 Å². The van der Waals surface area contributed by atoms with Crippen molar-refractivity contribution < 1.29 is 18.0 Å². The first kappa shape index (κ1) is 24.9. The van der Waals surface area contributed by atoms with E-state index < -0.39 is 16.1 Å². The molecular weight excluding hydrogens is 510 g/mol. The standard InChI is InChI=1S/C23H30ClN5O4S2/c24-16-7-8-20-19(13-16)25-23(34-20)35(32,33)26-18-6-4-11-28(22(18)31)15-21(30)29-12-3-5-17(29)14-27-9-1-2-10-27/h7-8,13,17-18,26H,1-6,9-12,14-15H2. The van der Waals surface area contributed by atoms with Crippen molar-refractivity contribution >= 4 is 55.0 Å². The van der Waals surface area contributed by atoms with Gasteiger partial charge >= 0.3 is 0 Å². The van der Waals surface area contributed by atoms with Crippen LogP contribution in [0.5, 0.6) is 0 Å². The topological polar surface area (TPSA) is 103 Å². The number of piperidine rings is 1. The summed E-state index contributed by atoms with van der Waals surface area (Å²) in [6.45, 7) is 4.24. The van der Waals surface area contributed by atoms with Gasteiger partial charge in [-0.25, -0.2) is 13.4 Å². The monoisotopic (exact) mass is 539 g/mol. The Morgan fingerprint density at radius 2 is 1.89 bits per heavy atom. The van der Waals surface area contributed by atoms with E-state index in [0.29, 0.717) is 34.6 Å². The summed E-state index contributed by atoms with van der Waals surface area (Å²) in [5, 5.41) is 0.475. The minimum Gasteiger partial charge on any atom is -0.337 e. The van der Waals surface area contributed by atoms with E-state index in [9.17, 15) is 18.0 Å². The highest BCUT2D eigenvalue weighted by Gasteiger charge is 2.37. The maximum atomic E-state index is 13.1. The summed E-state index contributed by atoms with van der Waals surface area (Å²) in [7, 11) is -3.99. The van der Waals surface area contributed by atoms with Crippen molar-refractivity contribution in [3.8, 4) is 0 Å². The SMILES string of the molecule is O=C1C(NS(=O)(=O)c2nc3cc(Cl)ccc3s2)CCCN1CC(=O)N1CCCC1CN1CCCC1. The van der Waals surface area contributed by atoms with Crippen LogP contribution in [0.4, 0.5) is 0 Å². The quantitative estimate of drug-likeness (QED) is 0.579. The summed E-state index contributed by atoms with van der Waals surface area (Å²) >= 11 is 7.02. The van der Waals surface area contributed by atoms with Crippen LogP contribution in [0.15, 0.2) is 22.5 Å². The van der Waals surface area contributed by atoms with E-state index in [0.717, 1.165) is 50.4 Å². The number of benzene rings is 1. The van der Waals surface area contributed by atoms with Crippen molar-refractivity contribution in [1.82, 2.24) is 24.4 Å². The smallest absolute Gasteiger partial charge is 0.268 e. The van der Waals surface area contributed by atoms with Gasteiger partial charge in [-0.2, -0.15) is 4.72 Å². The Balaban J connectivity index is 1.22. The average Bonchev–Trinajstić information content (AvgIpc) is 3.57. The van der Waals surface area contributed by atoms with E-state index >= 15 is 0 Å². The number of carbonyl (C=O) groups excluding carboxylic acids is 2. The number of aromatic nitrogens is 1. The Kier molecular flexibility index (Phi) is 7.32. The zero-order valence-electron chi connectivity index (χ0n) is 19.5. The molecule has 4 heterocycles. The molecule has 3 aliphatic heterocycles. The van der Waals surface area contributed by atoms with Gasteiger partial charge in [0, 0.05) is 30.7 Å². The van der Waals surface area contributed by atoms with Crippen molar-refractivity contribution in [2.75, 3.05) is 39.3 Å². The Bertz CT molecular complexity index is 1210. The first-order chi connectivity index (χ1) is 16.8. The molecule has 0 saturated carbocycles. The molecule has 12 heteroatoms. The molecule has 3 saturated heterocycles. The summed E-state index contributed by atoms with van der Waals surface area (Å²) in [6.07, 6.45) is 5.41. The Morgan fingerprint density at radius 3 is 2.69 bits per heavy atom. The molecule has 1 N–H and O–H groups in total. The molecule has 2 aromatic rings. The van der Waals surface area contributed by atoms with Crippen molar-refractivity contribution in [2.45, 2.75) is 54.9 Å². The largest absolute Gasteiger partial charge is 0.337 e. The average molecular weight is 540 g/mol. The third-order valence-electron chi connectivity index (χ3n) is 7.08. The van der Waals surface area contributed by atoms with Gasteiger partial charge in [-0.15, -0.1) is 11.3 Å². The number of hydrogen-bond acceptors (Lipinski definition) is 7. The van der Waals surface area contributed by atoms with Crippen molar-refractivity contribution in [3.63, 3.8) is 0 Å². The highest BCUT2D eigenvalue weighted by atomic mass is 35.5. The van der Waals surface area contributed by atoms with Gasteiger partial charge in [-0.1, -0.05) is 11.6 Å². The number of nitrogens with zero attached hydrogens (tertiary/aromatic N) is 4. The van der Waals surface area contributed by atoms with Crippen LogP contribution in [0, 0.1) is 0 Å². The molecule has 1 aromatic carbocycles. The number of likely N-dealkylation sites (tertiary alicyclic amines) is 3. The van der Waals surface area contributed by atoms with Crippen LogP contribution in [-0.4, -0.2) is 91.3 Å². The zero-order valence-corrected chi connectivity index (χ0v) is 21.9. The number of nitrogens with one attached hydrogen (secondary N) is 1. The summed E-state index contributed by atoms with van der Waals surface area (Å²) in [4.78, 5) is 36.3. The Morgan fingerprint density at radius 1 is 1.11 bits per heavy atom. The number of carbonyl (C=O) groups is 2. The highest BCUT2D eigenvalue weighted by Crippen LogP contribution is 2.28. The second kappa shape index (κ2) is 10.3. The molecule has 2 unspecified atom stereocenters. The van der Waals surface area contributed by atoms with E-state index in [1.807, 2.05) is 4.90 Å². The fraction of sp³-hybridized carbons (Fsp3) is 0.609. The third-order valence-corrected chi connectivity index (χ3v) is 10.2. The molecule has 0 spiro atoms. The maximum absolute atomic E-state index is 13.1. The number of fused-ring (bicyclic) bond motifs is 1.